The van der Waals surface area contributed by atoms with E-state index in [1.54, 1.807) is 4.90 Å². The van der Waals surface area contributed by atoms with Gasteiger partial charge in [-0.2, -0.15) is 0 Å². The molecule has 1 aromatic heterocycles. The number of thioether (sulfide) groups is 1. The average Bonchev–Trinajstić information content (AvgIpc) is 2.83. The van der Waals surface area contributed by atoms with E-state index in [1.807, 2.05) is 26.8 Å². The predicted octanol–water partition coefficient (Wildman–Crippen LogP) is 0.715. The van der Waals surface area contributed by atoms with Gasteiger partial charge in [-0.05, 0) is 26.8 Å². The van der Waals surface area contributed by atoms with E-state index >= 15 is 0 Å². The van der Waals surface area contributed by atoms with Gasteiger partial charge in [0, 0.05) is 37.6 Å². The van der Waals surface area contributed by atoms with Gasteiger partial charge in [-0.25, -0.2) is 14.8 Å². The lowest BCUT2D eigenvalue weighted by Crippen LogP contribution is -2.39. The van der Waals surface area contributed by atoms with Crippen molar-refractivity contribution in [2.24, 2.45) is 0 Å². The third kappa shape index (κ3) is 4.59. The van der Waals surface area contributed by atoms with E-state index in [9.17, 15) is 9.59 Å². The van der Waals surface area contributed by atoms with E-state index in [-0.39, 0.29) is 17.2 Å². The van der Waals surface area contributed by atoms with Crippen LogP contribution in [0.1, 0.15) is 18.3 Å². The summed E-state index contributed by atoms with van der Waals surface area (Å²) >= 11 is 1.34. The maximum Gasteiger partial charge on any atom is 0.317 e. The van der Waals surface area contributed by atoms with Crippen molar-refractivity contribution in [1.29, 1.82) is 0 Å². The minimum Gasteiger partial charge on any atom is -0.353 e. The summed E-state index contributed by atoms with van der Waals surface area (Å²) in [6.07, 6.45) is 0. The Kier molecular flexibility index (Phi) is 5.59. The first-order chi connectivity index (χ1) is 10.5. The van der Waals surface area contributed by atoms with Crippen molar-refractivity contribution in [1.82, 2.24) is 25.5 Å². The molecule has 7 nitrogen and oxygen atoms in total. The monoisotopic (exact) mass is 323 g/mol. The third-order valence-electron chi connectivity index (χ3n) is 3.24. The maximum absolute atomic E-state index is 12.1. The Morgan fingerprint density at radius 2 is 2.14 bits per heavy atom. The van der Waals surface area contributed by atoms with E-state index < -0.39 is 0 Å². The van der Waals surface area contributed by atoms with Crippen molar-refractivity contribution >= 4 is 23.7 Å². The van der Waals surface area contributed by atoms with Crippen LogP contribution in [-0.2, 0) is 4.79 Å². The molecule has 1 fully saturated rings. The zero-order valence-corrected chi connectivity index (χ0v) is 13.9. The van der Waals surface area contributed by atoms with Crippen LogP contribution in [0.15, 0.2) is 11.2 Å². The van der Waals surface area contributed by atoms with E-state index in [2.05, 4.69) is 20.6 Å². The SMILES string of the molecule is Cc1cc(C)nc(S[C@@H](C)C(=O)NCCN2CCNC2=O)n1. The highest BCUT2D eigenvalue weighted by atomic mass is 32.2. The van der Waals surface area contributed by atoms with Gasteiger partial charge in [-0.3, -0.25) is 4.79 Å². The second kappa shape index (κ2) is 7.44. The molecular weight excluding hydrogens is 302 g/mol. The minimum atomic E-state index is -0.284. The quantitative estimate of drug-likeness (QED) is 0.595. The van der Waals surface area contributed by atoms with Crippen LogP contribution in [0.3, 0.4) is 0 Å². The molecule has 1 aromatic rings. The van der Waals surface area contributed by atoms with Gasteiger partial charge in [0.2, 0.25) is 5.91 Å². The van der Waals surface area contributed by atoms with Crippen molar-refractivity contribution in [2.75, 3.05) is 26.2 Å². The lowest BCUT2D eigenvalue weighted by Gasteiger charge is -2.16. The molecule has 1 atom stereocenters. The van der Waals surface area contributed by atoms with Gasteiger partial charge in [0.05, 0.1) is 5.25 Å². The Bertz CT molecular complexity index is 546. The number of aromatic nitrogens is 2. The zero-order chi connectivity index (χ0) is 16.1. The number of nitrogens with one attached hydrogen (secondary N) is 2. The summed E-state index contributed by atoms with van der Waals surface area (Å²) in [4.78, 5) is 33.8. The molecule has 0 aliphatic carbocycles. The largest absolute Gasteiger partial charge is 0.353 e. The summed E-state index contributed by atoms with van der Waals surface area (Å²) in [5.41, 5.74) is 1.78. The number of rotatable bonds is 6. The summed E-state index contributed by atoms with van der Waals surface area (Å²) in [5, 5.41) is 5.90. The number of carbonyl (C=O) groups is 2. The number of carbonyl (C=O) groups excluding carboxylic acids is 2. The van der Waals surface area contributed by atoms with Crippen LogP contribution in [0.25, 0.3) is 0 Å². The van der Waals surface area contributed by atoms with E-state index in [0.29, 0.717) is 31.3 Å². The van der Waals surface area contributed by atoms with Gasteiger partial charge >= 0.3 is 6.03 Å². The number of amides is 3. The highest BCUT2D eigenvalue weighted by Crippen LogP contribution is 2.19. The molecular formula is C14H21N5O2S. The number of nitrogens with zero attached hydrogens (tertiary/aromatic N) is 3. The second-order valence-corrected chi connectivity index (χ2v) is 6.51. The predicted molar refractivity (Wildman–Crippen MR) is 84.8 cm³/mol. The average molecular weight is 323 g/mol. The fourth-order valence-corrected chi connectivity index (χ4v) is 3.04. The summed E-state index contributed by atoms with van der Waals surface area (Å²) in [5.74, 6) is -0.0765. The molecule has 0 spiro atoms. The molecule has 22 heavy (non-hydrogen) atoms. The van der Waals surface area contributed by atoms with Crippen molar-refractivity contribution < 1.29 is 9.59 Å². The van der Waals surface area contributed by atoms with Gasteiger partial charge in [-0.15, -0.1) is 0 Å². The van der Waals surface area contributed by atoms with Crippen molar-refractivity contribution in [2.45, 2.75) is 31.2 Å². The van der Waals surface area contributed by atoms with Crippen molar-refractivity contribution in [3.63, 3.8) is 0 Å². The van der Waals surface area contributed by atoms with Gasteiger partial charge in [0.15, 0.2) is 5.16 Å². The summed E-state index contributed by atoms with van der Waals surface area (Å²) in [6, 6.07) is 1.83. The fraction of sp³-hybridized carbons (Fsp3) is 0.571. The van der Waals surface area contributed by atoms with Crippen molar-refractivity contribution in [3.8, 4) is 0 Å². The van der Waals surface area contributed by atoms with E-state index in [1.165, 1.54) is 11.8 Å². The Labute approximate surface area is 134 Å². The van der Waals surface area contributed by atoms with Gasteiger partial charge in [0.1, 0.15) is 0 Å². The molecule has 2 rings (SSSR count). The first kappa shape index (κ1) is 16.5. The molecule has 2 N–H and O–H groups in total. The van der Waals surface area contributed by atoms with Gasteiger partial charge in [0.25, 0.3) is 0 Å². The minimum absolute atomic E-state index is 0.0692. The van der Waals surface area contributed by atoms with Crippen LogP contribution >= 0.6 is 11.8 Å². The summed E-state index contributed by atoms with van der Waals surface area (Å²) in [7, 11) is 0. The highest BCUT2D eigenvalue weighted by molar-refractivity contribution is 8.00. The molecule has 0 bridgehead atoms. The maximum atomic E-state index is 12.1. The van der Waals surface area contributed by atoms with Crippen LogP contribution in [0.2, 0.25) is 0 Å². The van der Waals surface area contributed by atoms with E-state index in [4.69, 9.17) is 0 Å². The molecule has 3 amide bonds. The van der Waals surface area contributed by atoms with Crippen molar-refractivity contribution in [3.05, 3.63) is 17.5 Å². The molecule has 1 saturated heterocycles. The Balaban J connectivity index is 1.78. The van der Waals surface area contributed by atoms with Crippen LogP contribution in [0.5, 0.6) is 0 Å². The molecule has 1 aliphatic rings. The molecule has 0 radical (unpaired) electrons. The smallest absolute Gasteiger partial charge is 0.317 e. The van der Waals surface area contributed by atoms with Gasteiger partial charge < -0.3 is 15.5 Å². The van der Waals surface area contributed by atoms with Crippen LogP contribution in [0, 0.1) is 13.8 Å². The second-order valence-electron chi connectivity index (χ2n) is 5.20. The molecule has 0 aromatic carbocycles. The summed E-state index contributed by atoms with van der Waals surface area (Å²) in [6.45, 7) is 7.97. The molecule has 0 saturated carbocycles. The normalized spacial score (nSPS) is 15.6. The van der Waals surface area contributed by atoms with Crippen LogP contribution < -0.4 is 10.6 Å². The molecule has 8 heteroatoms. The molecule has 120 valence electrons. The van der Waals surface area contributed by atoms with Gasteiger partial charge in [-0.1, -0.05) is 11.8 Å². The molecule has 0 unspecified atom stereocenters. The first-order valence-corrected chi connectivity index (χ1v) is 8.13. The Morgan fingerprint density at radius 1 is 1.45 bits per heavy atom. The van der Waals surface area contributed by atoms with E-state index in [0.717, 1.165) is 11.4 Å². The first-order valence-electron chi connectivity index (χ1n) is 7.25. The fourth-order valence-electron chi connectivity index (χ4n) is 2.14. The zero-order valence-electron chi connectivity index (χ0n) is 13.0. The summed E-state index contributed by atoms with van der Waals surface area (Å²) < 4.78 is 0. The number of hydrogen-bond acceptors (Lipinski definition) is 5. The highest BCUT2D eigenvalue weighted by Gasteiger charge is 2.20. The lowest BCUT2D eigenvalue weighted by atomic mass is 10.4. The van der Waals surface area contributed by atoms with Crippen LogP contribution in [0.4, 0.5) is 4.79 Å². The molecule has 1 aliphatic heterocycles. The number of urea groups is 1. The Hall–Kier alpha value is -1.83. The molecule has 2 heterocycles. The topological polar surface area (TPSA) is 87.2 Å². The van der Waals surface area contributed by atoms with Crippen LogP contribution in [-0.4, -0.2) is 58.2 Å². The number of hydrogen-bond donors (Lipinski definition) is 2. The standard InChI is InChI=1S/C14H21N5O2S/c1-9-8-10(2)18-13(17-9)22-11(3)12(20)15-4-6-19-7-5-16-14(19)21/h8,11H,4-7H2,1-3H3,(H,15,20)(H,16,21)/t11-/m0/s1. The number of aryl methyl sites for hydroxylation is 2. The third-order valence-corrected chi connectivity index (χ3v) is 4.20. The Morgan fingerprint density at radius 3 is 2.73 bits per heavy atom. The lowest BCUT2D eigenvalue weighted by molar-refractivity contribution is -0.120.